The summed E-state index contributed by atoms with van der Waals surface area (Å²) in [5, 5.41) is -0.192. The van der Waals surface area contributed by atoms with Gasteiger partial charge in [-0.05, 0) is 49.4 Å². The third-order valence-electron chi connectivity index (χ3n) is 3.78. The van der Waals surface area contributed by atoms with Gasteiger partial charge in [0.15, 0.2) is 17.3 Å². The average Bonchev–Trinajstić information content (AvgIpc) is 2.86. The molecule has 3 rings (SSSR count). The Hall–Kier alpha value is -2.14. The van der Waals surface area contributed by atoms with Crippen LogP contribution in [0.4, 0.5) is 0 Å². The van der Waals surface area contributed by atoms with Gasteiger partial charge in [-0.1, -0.05) is 0 Å². The highest BCUT2D eigenvalue weighted by atomic mass is 32.2. The van der Waals surface area contributed by atoms with Crippen LogP contribution < -0.4 is 14.2 Å². The predicted octanol–water partition coefficient (Wildman–Crippen LogP) is 4.22. The van der Waals surface area contributed by atoms with Gasteiger partial charge in [0.1, 0.15) is 5.75 Å². The van der Waals surface area contributed by atoms with Crippen molar-refractivity contribution in [2.45, 2.75) is 23.5 Å². The molecule has 126 valence electrons. The molecule has 24 heavy (non-hydrogen) atoms. The quantitative estimate of drug-likeness (QED) is 0.600. The van der Waals surface area contributed by atoms with E-state index in [0.29, 0.717) is 18.8 Å². The number of hydrogen-bond acceptors (Lipinski definition) is 5. The van der Waals surface area contributed by atoms with E-state index >= 15 is 0 Å². The van der Waals surface area contributed by atoms with Crippen LogP contribution in [0.2, 0.25) is 0 Å². The van der Waals surface area contributed by atoms with Gasteiger partial charge in [0.05, 0.1) is 25.6 Å². The highest BCUT2D eigenvalue weighted by Gasteiger charge is 2.18. The molecule has 0 N–H and O–H groups in total. The fraction of sp³-hybridized carbons (Fsp3) is 0.316. The summed E-state index contributed by atoms with van der Waals surface area (Å²) in [4.78, 5) is 13.6. The van der Waals surface area contributed by atoms with E-state index in [1.54, 1.807) is 31.4 Å². The number of rotatable bonds is 5. The Morgan fingerprint density at radius 3 is 2.50 bits per heavy atom. The Balaban J connectivity index is 1.70. The number of carbonyl (C=O) groups excluding carboxylic acids is 1. The van der Waals surface area contributed by atoms with E-state index in [1.165, 1.54) is 11.8 Å². The summed E-state index contributed by atoms with van der Waals surface area (Å²) in [5.74, 6) is 2.36. The molecule has 2 aromatic carbocycles. The van der Waals surface area contributed by atoms with Crippen LogP contribution in [0.1, 0.15) is 23.7 Å². The number of Topliss-reactive ketones (excluding diaryl/α,β-unsaturated/α-hetero) is 1. The van der Waals surface area contributed by atoms with Gasteiger partial charge in [0.25, 0.3) is 0 Å². The molecule has 2 aromatic rings. The molecule has 1 aliphatic rings. The molecule has 0 radical (unpaired) electrons. The predicted molar refractivity (Wildman–Crippen MR) is 94.7 cm³/mol. The first-order valence-electron chi connectivity index (χ1n) is 7.92. The Morgan fingerprint density at radius 1 is 1.08 bits per heavy atom. The Bertz CT molecular complexity index is 712. The summed E-state index contributed by atoms with van der Waals surface area (Å²) in [6.45, 7) is 3.24. The molecule has 0 aliphatic carbocycles. The minimum absolute atomic E-state index is 0.0924. The molecule has 4 nitrogen and oxygen atoms in total. The van der Waals surface area contributed by atoms with E-state index < -0.39 is 0 Å². The maximum atomic E-state index is 12.6. The fourth-order valence-electron chi connectivity index (χ4n) is 2.46. The molecule has 0 amide bonds. The smallest absolute Gasteiger partial charge is 0.175 e. The zero-order valence-corrected chi connectivity index (χ0v) is 14.6. The van der Waals surface area contributed by atoms with Gasteiger partial charge in [0.2, 0.25) is 0 Å². The van der Waals surface area contributed by atoms with Crippen LogP contribution in [0.5, 0.6) is 17.2 Å². The molecule has 0 saturated carbocycles. The molecule has 0 spiro atoms. The Morgan fingerprint density at radius 2 is 1.79 bits per heavy atom. The van der Waals surface area contributed by atoms with Crippen molar-refractivity contribution in [1.82, 2.24) is 0 Å². The number of hydrogen-bond donors (Lipinski definition) is 0. The van der Waals surface area contributed by atoms with Gasteiger partial charge in [-0.3, -0.25) is 4.79 Å². The largest absolute Gasteiger partial charge is 0.497 e. The lowest BCUT2D eigenvalue weighted by Gasteiger charge is -2.13. The maximum Gasteiger partial charge on any atom is 0.175 e. The van der Waals surface area contributed by atoms with Crippen LogP contribution in [-0.2, 0) is 0 Å². The van der Waals surface area contributed by atoms with E-state index in [9.17, 15) is 4.79 Å². The topological polar surface area (TPSA) is 44.8 Å². The molecule has 5 heteroatoms. The van der Waals surface area contributed by atoms with E-state index in [2.05, 4.69) is 0 Å². The van der Waals surface area contributed by atoms with E-state index in [1.807, 2.05) is 25.1 Å². The first kappa shape index (κ1) is 16.7. The summed E-state index contributed by atoms with van der Waals surface area (Å²) < 4.78 is 16.5. The Labute approximate surface area is 146 Å². The monoisotopic (exact) mass is 344 g/mol. The maximum absolute atomic E-state index is 12.6. The molecule has 1 atom stereocenters. The number of carbonyl (C=O) groups is 1. The molecule has 0 aromatic heterocycles. The minimum Gasteiger partial charge on any atom is -0.497 e. The second-order valence-corrected chi connectivity index (χ2v) is 6.93. The molecule has 0 fully saturated rings. The van der Waals surface area contributed by atoms with Crippen molar-refractivity contribution in [3.8, 4) is 17.2 Å². The summed E-state index contributed by atoms with van der Waals surface area (Å²) in [5.41, 5.74) is 0.685. The number of thioether (sulfide) groups is 1. The van der Waals surface area contributed by atoms with Crippen LogP contribution in [-0.4, -0.2) is 31.4 Å². The molecule has 0 unspecified atom stereocenters. The average molecular weight is 344 g/mol. The molecule has 0 bridgehead atoms. The first-order chi connectivity index (χ1) is 11.7. The first-order valence-corrected chi connectivity index (χ1v) is 8.80. The molecular weight excluding hydrogens is 324 g/mol. The Kier molecular flexibility index (Phi) is 5.30. The lowest BCUT2D eigenvalue weighted by Crippen LogP contribution is -2.13. The van der Waals surface area contributed by atoms with Gasteiger partial charge in [-0.25, -0.2) is 0 Å². The normalized spacial score (nSPS) is 14.6. The van der Waals surface area contributed by atoms with Crippen molar-refractivity contribution in [3.63, 3.8) is 0 Å². The fourth-order valence-corrected chi connectivity index (χ4v) is 3.44. The highest BCUT2D eigenvalue weighted by molar-refractivity contribution is 8.00. The third-order valence-corrected chi connectivity index (χ3v) is 4.87. The summed E-state index contributed by atoms with van der Waals surface area (Å²) in [6, 6.07) is 13.0. The van der Waals surface area contributed by atoms with Gasteiger partial charge in [-0.15, -0.1) is 11.8 Å². The molecule has 0 saturated heterocycles. The van der Waals surface area contributed by atoms with E-state index in [4.69, 9.17) is 14.2 Å². The second-order valence-electron chi connectivity index (χ2n) is 5.51. The SMILES string of the molecule is COc1ccc(C(=O)[C@H](C)Sc2ccc3c(c2)OCCCO3)cc1. The standard InChI is InChI=1S/C19H20O4S/c1-13(19(20)14-4-6-15(21-2)7-5-14)24-16-8-9-17-18(12-16)23-11-3-10-22-17/h4-9,12-13H,3,10-11H2,1-2H3/t13-/m0/s1. The minimum atomic E-state index is -0.192. The van der Waals surface area contributed by atoms with Crippen molar-refractivity contribution in [2.24, 2.45) is 0 Å². The lowest BCUT2D eigenvalue weighted by atomic mass is 10.1. The molecule has 1 aliphatic heterocycles. The lowest BCUT2D eigenvalue weighted by molar-refractivity contribution is 0.0994. The van der Waals surface area contributed by atoms with Gasteiger partial charge < -0.3 is 14.2 Å². The summed E-state index contributed by atoms with van der Waals surface area (Å²) in [6.07, 6.45) is 0.878. The van der Waals surface area contributed by atoms with E-state index in [-0.39, 0.29) is 11.0 Å². The third kappa shape index (κ3) is 3.85. The summed E-state index contributed by atoms with van der Waals surface area (Å²) >= 11 is 1.52. The van der Waals surface area contributed by atoms with Crippen LogP contribution in [0, 0.1) is 0 Å². The van der Waals surface area contributed by atoms with Gasteiger partial charge in [-0.2, -0.15) is 0 Å². The van der Waals surface area contributed by atoms with E-state index in [0.717, 1.165) is 28.6 Å². The van der Waals surface area contributed by atoms with Gasteiger partial charge in [0, 0.05) is 16.9 Å². The number of fused-ring (bicyclic) bond motifs is 1. The van der Waals surface area contributed by atoms with Crippen molar-refractivity contribution in [3.05, 3.63) is 48.0 Å². The summed E-state index contributed by atoms with van der Waals surface area (Å²) in [7, 11) is 1.61. The van der Waals surface area contributed by atoms with Crippen LogP contribution in [0.25, 0.3) is 0 Å². The molecular formula is C19H20O4S. The number of ketones is 1. The second kappa shape index (κ2) is 7.62. The van der Waals surface area contributed by atoms with Crippen LogP contribution in [0.3, 0.4) is 0 Å². The van der Waals surface area contributed by atoms with Crippen molar-refractivity contribution < 1.29 is 19.0 Å². The highest BCUT2D eigenvalue weighted by Crippen LogP contribution is 2.35. The number of benzene rings is 2. The van der Waals surface area contributed by atoms with Crippen LogP contribution >= 0.6 is 11.8 Å². The van der Waals surface area contributed by atoms with Crippen molar-refractivity contribution in [2.75, 3.05) is 20.3 Å². The number of ether oxygens (including phenoxy) is 3. The zero-order chi connectivity index (χ0) is 16.9. The zero-order valence-electron chi connectivity index (χ0n) is 13.8. The number of methoxy groups -OCH3 is 1. The van der Waals surface area contributed by atoms with Crippen molar-refractivity contribution in [1.29, 1.82) is 0 Å². The van der Waals surface area contributed by atoms with Gasteiger partial charge >= 0.3 is 0 Å². The van der Waals surface area contributed by atoms with Crippen LogP contribution in [0.15, 0.2) is 47.4 Å². The molecule has 1 heterocycles. The van der Waals surface area contributed by atoms with Crippen molar-refractivity contribution >= 4 is 17.5 Å².